The Hall–Kier alpha value is -1.92. The number of aryl methyl sites for hydroxylation is 1. The lowest BCUT2D eigenvalue weighted by molar-refractivity contribution is -0.115. The van der Waals surface area contributed by atoms with E-state index in [1.165, 1.54) is 16.9 Å². The molecule has 7 heteroatoms. The zero-order valence-corrected chi connectivity index (χ0v) is 17.3. The summed E-state index contributed by atoms with van der Waals surface area (Å²) in [5, 5.41) is 9.52. The molecule has 1 amide bonds. The topological polar surface area (TPSA) is 54.0 Å². The van der Waals surface area contributed by atoms with E-state index in [9.17, 15) is 4.79 Å². The molecular weight excluding hydrogens is 401 g/mol. The molecule has 0 aliphatic rings. The lowest BCUT2D eigenvalue weighted by Crippen LogP contribution is -2.30. The van der Waals surface area contributed by atoms with Gasteiger partial charge in [-0.25, -0.2) is 4.98 Å². The summed E-state index contributed by atoms with van der Waals surface area (Å²) in [5.74, 6) is -0.142. The average molecular weight is 420 g/mol. The van der Waals surface area contributed by atoms with Gasteiger partial charge in [-0.3, -0.25) is 4.79 Å². The summed E-state index contributed by atoms with van der Waals surface area (Å²) >= 11 is 13.5. The van der Waals surface area contributed by atoms with Crippen molar-refractivity contribution in [3.63, 3.8) is 0 Å². The van der Waals surface area contributed by atoms with Crippen LogP contribution >= 0.6 is 34.5 Å². The number of hydrogen-bond acceptors (Lipinski definition) is 4. The van der Waals surface area contributed by atoms with Crippen LogP contribution in [0.5, 0.6) is 0 Å². The molecule has 2 N–H and O–H groups in total. The van der Waals surface area contributed by atoms with Crippen LogP contribution in [0.1, 0.15) is 24.1 Å². The number of hydrogen-bond donors (Lipinski definition) is 2. The van der Waals surface area contributed by atoms with E-state index in [0.717, 1.165) is 11.1 Å². The maximum atomic E-state index is 12.2. The third kappa shape index (κ3) is 5.30. The van der Waals surface area contributed by atoms with Crippen molar-refractivity contribution in [3.8, 4) is 11.3 Å². The maximum absolute atomic E-state index is 12.2. The van der Waals surface area contributed by atoms with E-state index in [1.807, 2.05) is 18.4 Å². The van der Waals surface area contributed by atoms with Crippen molar-refractivity contribution in [3.05, 3.63) is 69.0 Å². The zero-order chi connectivity index (χ0) is 19.4. The molecule has 0 saturated carbocycles. The van der Waals surface area contributed by atoms with E-state index in [4.69, 9.17) is 23.2 Å². The van der Waals surface area contributed by atoms with Gasteiger partial charge < -0.3 is 10.6 Å². The summed E-state index contributed by atoms with van der Waals surface area (Å²) in [5.41, 5.74) is 3.84. The Labute approximate surface area is 172 Å². The van der Waals surface area contributed by atoms with Crippen molar-refractivity contribution in [2.45, 2.75) is 19.9 Å². The van der Waals surface area contributed by atoms with Gasteiger partial charge in [-0.1, -0.05) is 53.0 Å². The third-order valence-electron chi connectivity index (χ3n) is 4.10. The largest absolute Gasteiger partial charge is 0.302 e. The van der Waals surface area contributed by atoms with Gasteiger partial charge in [0.15, 0.2) is 5.13 Å². The minimum atomic E-state index is -0.142. The van der Waals surface area contributed by atoms with Crippen molar-refractivity contribution >= 4 is 45.6 Å². The molecule has 27 heavy (non-hydrogen) atoms. The Bertz CT molecular complexity index is 941. The molecule has 0 bridgehead atoms. The summed E-state index contributed by atoms with van der Waals surface area (Å²) in [6.07, 6.45) is 0. The number of carbonyl (C=O) groups excluding carboxylic acids is 1. The number of carbonyl (C=O) groups is 1. The monoisotopic (exact) mass is 419 g/mol. The molecule has 0 unspecified atom stereocenters. The molecule has 0 radical (unpaired) electrons. The highest BCUT2D eigenvalue weighted by Crippen LogP contribution is 2.32. The Morgan fingerprint density at radius 1 is 1.19 bits per heavy atom. The van der Waals surface area contributed by atoms with Gasteiger partial charge in [0.05, 0.1) is 17.3 Å². The second kappa shape index (κ2) is 8.85. The fourth-order valence-electron chi connectivity index (χ4n) is 2.53. The molecule has 0 aliphatic heterocycles. The van der Waals surface area contributed by atoms with Crippen LogP contribution in [0.15, 0.2) is 47.8 Å². The van der Waals surface area contributed by atoms with Crippen LogP contribution in [0, 0.1) is 6.92 Å². The molecule has 1 aromatic heterocycles. The maximum Gasteiger partial charge on any atom is 0.240 e. The first-order chi connectivity index (χ1) is 12.9. The predicted molar refractivity (Wildman–Crippen MR) is 114 cm³/mol. The van der Waals surface area contributed by atoms with Crippen LogP contribution in [0.25, 0.3) is 11.3 Å². The van der Waals surface area contributed by atoms with Crippen LogP contribution in [-0.2, 0) is 4.79 Å². The van der Waals surface area contributed by atoms with E-state index in [1.54, 1.807) is 12.1 Å². The highest BCUT2D eigenvalue weighted by atomic mass is 35.5. The first-order valence-corrected chi connectivity index (χ1v) is 10.1. The van der Waals surface area contributed by atoms with Gasteiger partial charge in [-0.05, 0) is 37.6 Å². The van der Waals surface area contributed by atoms with E-state index >= 15 is 0 Å². The normalized spacial score (nSPS) is 12.0. The zero-order valence-electron chi connectivity index (χ0n) is 14.9. The number of aromatic nitrogens is 1. The SMILES string of the molecule is Cc1ccc([C@H](C)NCC(=O)Nc2nc(-c3ccc(Cl)cc3Cl)cs2)cc1. The lowest BCUT2D eigenvalue weighted by Gasteiger charge is -2.14. The molecule has 0 aliphatic carbocycles. The molecule has 0 fully saturated rings. The molecule has 3 rings (SSSR count). The molecule has 140 valence electrons. The van der Waals surface area contributed by atoms with Gasteiger partial charge in [0.2, 0.25) is 5.91 Å². The van der Waals surface area contributed by atoms with Gasteiger partial charge in [0, 0.05) is 22.0 Å². The van der Waals surface area contributed by atoms with Crippen LogP contribution in [0.2, 0.25) is 10.0 Å². The Balaban J connectivity index is 1.57. The van der Waals surface area contributed by atoms with Crippen molar-refractivity contribution in [1.29, 1.82) is 0 Å². The van der Waals surface area contributed by atoms with Gasteiger partial charge >= 0.3 is 0 Å². The smallest absolute Gasteiger partial charge is 0.240 e. The molecular formula is C20H19Cl2N3OS. The standard InChI is InChI=1S/C20H19Cl2N3OS/c1-12-3-5-14(6-4-12)13(2)23-10-19(26)25-20-24-18(11-27-20)16-8-7-15(21)9-17(16)22/h3-9,11,13,23H,10H2,1-2H3,(H,24,25,26)/t13-/m0/s1. The van der Waals surface area contributed by atoms with Gasteiger partial charge in [-0.15, -0.1) is 11.3 Å². The van der Waals surface area contributed by atoms with Crippen molar-refractivity contribution in [2.75, 3.05) is 11.9 Å². The summed E-state index contributed by atoms with van der Waals surface area (Å²) in [6, 6.07) is 13.6. The number of nitrogens with zero attached hydrogens (tertiary/aromatic N) is 1. The van der Waals surface area contributed by atoms with Crippen LogP contribution < -0.4 is 10.6 Å². The number of rotatable bonds is 6. The first-order valence-electron chi connectivity index (χ1n) is 8.43. The Morgan fingerprint density at radius 3 is 2.63 bits per heavy atom. The van der Waals surface area contributed by atoms with Crippen LogP contribution in [-0.4, -0.2) is 17.4 Å². The molecule has 2 aromatic carbocycles. The lowest BCUT2D eigenvalue weighted by atomic mass is 10.1. The molecule has 0 spiro atoms. The first kappa shape index (κ1) is 19.8. The number of benzene rings is 2. The summed E-state index contributed by atoms with van der Waals surface area (Å²) < 4.78 is 0. The summed E-state index contributed by atoms with van der Waals surface area (Å²) in [4.78, 5) is 16.6. The second-order valence-electron chi connectivity index (χ2n) is 6.22. The van der Waals surface area contributed by atoms with Crippen molar-refractivity contribution in [2.24, 2.45) is 0 Å². The predicted octanol–water partition coefficient (Wildman–Crippen LogP) is 5.71. The van der Waals surface area contributed by atoms with E-state index in [-0.39, 0.29) is 18.5 Å². The third-order valence-corrected chi connectivity index (χ3v) is 5.41. The van der Waals surface area contributed by atoms with E-state index < -0.39 is 0 Å². The van der Waals surface area contributed by atoms with Crippen molar-refractivity contribution < 1.29 is 4.79 Å². The second-order valence-corrected chi connectivity index (χ2v) is 7.93. The van der Waals surface area contributed by atoms with Gasteiger partial charge in [-0.2, -0.15) is 0 Å². The summed E-state index contributed by atoms with van der Waals surface area (Å²) in [7, 11) is 0. The number of thiazole rings is 1. The van der Waals surface area contributed by atoms with Crippen LogP contribution in [0.3, 0.4) is 0 Å². The van der Waals surface area contributed by atoms with Crippen LogP contribution in [0.4, 0.5) is 5.13 Å². The highest BCUT2D eigenvalue weighted by molar-refractivity contribution is 7.14. The molecule has 0 saturated heterocycles. The highest BCUT2D eigenvalue weighted by Gasteiger charge is 2.12. The van der Waals surface area contributed by atoms with E-state index in [0.29, 0.717) is 20.9 Å². The minimum absolute atomic E-state index is 0.0797. The van der Waals surface area contributed by atoms with Crippen molar-refractivity contribution in [1.82, 2.24) is 10.3 Å². The number of halogens is 2. The van der Waals surface area contributed by atoms with E-state index in [2.05, 4.69) is 46.8 Å². The Morgan fingerprint density at radius 2 is 1.93 bits per heavy atom. The fourth-order valence-corrected chi connectivity index (χ4v) is 3.77. The molecule has 1 heterocycles. The fraction of sp³-hybridized carbons (Fsp3) is 0.200. The number of nitrogens with one attached hydrogen (secondary N) is 2. The minimum Gasteiger partial charge on any atom is -0.302 e. The molecule has 3 aromatic rings. The molecule has 1 atom stereocenters. The Kier molecular flexibility index (Phi) is 6.50. The molecule has 4 nitrogen and oxygen atoms in total. The van der Waals surface area contributed by atoms with Gasteiger partial charge in [0.25, 0.3) is 0 Å². The number of anilines is 1. The average Bonchev–Trinajstić information content (AvgIpc) is 3.08. The van der Waals surface area contributed by atoms with Gasteiger partial charge in [0.1, 0.15) is 0 Å². The summed E-state index contributed by atoms with van der Waals surface area (Å²) in [6.45, 7) is 4.28. The number of amides is 1. The quantitative estimate of drug-likeness (QED) is 0.537.